The molecule has 2 aliphatic rings. The molecule has 1 aromatic heterocycles. The maximum absolute atomic E-state index is 13.9. The van der Waals surface area contributed by atoms with E-state index in [0.717, 1.165) is 18.4 Å². The first-order chi connectivity index (χ1) is 15.5. The third kappa shape index (κ3) is 4.71. The number of aryl methyl sites for hydroxylation is 1. The van der Waals surface area contributed by atoms with E-state index in [2.05, 4.69) is 4.98 Å². The number of carbonyl (C=O) groups excluding carboxylic acids is 1. The summed E-state index contributed by atoms with van der Waals surface area (Å²) in [6, 6.07) is 10.7. The van der Waals surface area contributed by atoms with Crippen LogP contribution in [0.1, 0.15) is 57.6 Å². The summed E-state index contributed by atoms with van der Waals surface area (Å²) < 4.78 is 32.2. The van der Waals surface area contributed by atoms with Gasteiger partial charge in [0.1, 0.15) is 10.6 Å². The minimum Gasteiger partial charge on any atom is -0.381 e. The maximum atomic E-state index is 13.9. The molecule has 1 saturated heterocycles. The number of rotatable bonds is 6. The minimum absolute atomic E-state index is 0.0303. The third-order valence-electron chi connectivity index (χ3n) is 6.72. The molecule has 0 spiro atoms. The van der Waals surface area contributed by atoms with Crippen molar-refractivity contribution in [1.29, 1.82) is 0 Å². The zero-order chi connectivity index (χ0) is 23.9. The molecule has 1 saturated carbocycles. The lowest BCUT2D eigenvalue weighted by atomic mass is 9.91. The number of amides is 1. The van der Waals surface area contributed by atoms with Crippen LogP contribution in [0.15, 0.2) is 47.5 Å². The van der Waals surface area contributed by atoms with Crippen LogP contribution in [0, 0.1) is 18.3 Å². The molecule has 6 nitrogen and oxygen atoms in total. The van der Waals surface area contributed by atoms with Crippen molar-refractivity contribution in [3.8, 4) is 0 Å². The summed E-state index contributed by atoms with van der Waals surface area (Å²) in [7, 11) is -3.68. The fourth-order valence-corrected chi connectivity index (χ4v) is 6.50. The summed E-state index contributed by atoms with van der Waals surface area (Å²) >= 11 is 0. The third-order valence-corrected chi connectivity index (χ3v) is 9.29. The van der Waals surface area contributed by atoms with Crippen LogP contribution in [0.5, 0.6) is 0 Å². The van der Waals surface area contributed by atoms with Crippen molar-refractivity contribution in [2.75, 3.05) is 24.7 Å². The fourth-order valence-electron chi connectivity index (χ4n) is 4.42. The zero-order valence-corrected chi connectivity index (χ0v) is 20.8. The lowest BCUT2D eigenvalue weighted by Crippen LogP contribution is -2.42. The highest BCUT2D eigenvalue weighted by Crippen LogP contribution is 2.44. The number of pyridine rings is 1. The molecule has 0 unspecified atom stereocenters. The first-order valence-corrected chi connectivity index (χ1v) is 13.2. The van der Waals surface area contributed by atoms with Crippen molar-refractivity contribution in [3.05, 3.63) is 53.7 Å². The Hall–Kier alpha value is -2.25. The molecule has 7 heteroatoms. The van der Waals surface area contributed by atoms with Crippen molar-refractivity contribution in [1.82, 2.24) is 4.98 Å². The lowest BCUT2D eigenvalue weighted by Gasteiger charge is -2.37. The van der Waals surface area contributed by atoms with Crippen molar-refractivity contribution in [3.63, 3.8) is 0 Å². The van der Waals surface area contributed by atoms with Gasteiger partial charge in [0, 0.05) is 31.4 Å². The summed E-state index contributed by atoms with van der Waals surface area (Å²) in [6.07, 6.45) is 4.66. The number of aromatic nitrogens is 1. The SMILES string of the molecule is Cc1ccc(S(=O)(=O)C2(c3ccc(N(CC4CC4)C(=O)C(C)(C)C)nc3)CCOCC2)cc1. The van der Waals surface area contributed by atoms with Gasteiger partial charge in [0.15, 0.2) is 9.84 Å². The fraction of sp³-hybridized carbons (Fsp3) is 0.538. The molecule has 1 aliphatic carbocycles. The van der Waals surface area contributed by atoms with Gasteiger partial charge >= 0.3 is 0 Å². The molecule has 2 aromatic rings. The number of benzene rings is 1. The van der Waals surface area contributed by atoms with Gasteiger partial charge in [-0.25, -0.2) is 13.4 Å². The number of ether oxygens (including phenoxy) is 1. The van der Waals surface area contributed by atoms with E-state index in [1.807, 2.05) is 52.0 Å². The normalized spacial score (nSPS) is 18.7. The minimum atomic E-state index is -3.68. The first-order valence-electron chi connectivity index (χ1n) is 11.7. The highest BCUT2D eigenvalue weighted by atomic mass is 32.2. The lowest BCUT2D eigenvalue weighted by molar-refractivity contribution is -0.125. The Morgan fingerprint density at radius 2 is 1.73 bits per heavy atom. The average molecular weight is 471 g/mol. The van der Waals surface area contributed by atoms with Gasteiger partial charge in [-0.1, -0.05) is 44.5 Å². The van der Waals surface area contributed by atoms with E-state index in [4.69, 9.17) is 4.74 Å². The van der Waals surface area contributed by atoms with Crippen molar-refractivity contribution >= 4 is 21.6 Å². The molecule has 1 aromatic carbocycles. The van der Waals surface area contributed by atoms with Gasteiger partial charge in [-0.05, 0) is 62.3 Å². The van der Waals surface area contributed by atoms with Crippen molar-refractivity contribution in [2.45, 2.75) is 63.0 Å². The number of nitrogens with zero attached hydrogens (tertiary/aromatic N) is 2. The van der Waals surface area contributed by atoms with Crippen LogP contribution in [-0.2, 0) is 24.1 Å². The van der Waals surface area contributed by atoms with Gasteiger partial charge in [0.2, 0.25) is 5.91 Å². The molecule has 1 aliphatic heterocycles. The molecular formula is C26H34N2O4S. The quantitative estimate of drug-likeness (QED) is 0.614. The summed E-state index contributed by atoms with van der Waals surface area (Å²) in [5, 5.41) is 0. The van der Waals surface area contributed by atoms with Crippen LogP contribution in [0.3, 0.4) is 0 Å². The van der Waals surface area contributed by atoms with Gasteiger partial charge in [0.25, 0.3) is 0 Å². The van der Waals surface area contributed by atoms with Gasteiger partial charge < -0.3 is 4.74 Å². The maximum Gasteiger partial charge on any atom is 0.233 e. The second-order valence-corrected chi connectivity index (χ2v) is 12.7. The van der Waals surface area contributed by atoms with Gasteiger partial charge in [-0.3, -0.25) is 9.69 Å². The summed E-state index contributed by atoms with van der Waals surface area (Å²) in [6.45, 7) is 9.09. The largest absolute Gasteiger partial charge is 0.381 e. The van der Waals surface area contributed by atoms with Crippen LogP contribution >= 0.6 is 0 Å². The smallest absolute Gasteiger partial charge is 0.233 e. The number of hydrogen-bond donors (Lipinski definition) is 0. The highest BCUT2D eigenvalue weighted by Gasteiger charge is 2.47. The second kappa shape index (κ2) is 8.84. The Morgan fingerprint density at radius 3 is 2.24 bits per heavy atom. The van der Waals surface area contributed by atoms with E-state index in [1.54, 1.807) is 23.2 Å². The van der Waals surface area contributed by atoms with Crippen LogP contribution in [0.4, 0.5) is 5.82 Å². The van der Waals surface area contributed by atoms with E-state index in [-0.39, 0.29) is 5.91 Å². The van der Waals surface area contributed by atoms with Crippen LogP contribution < -0.4 is 4.90 Å². The number of hydrogen-bond acceptors (Lipinski definition) is 5. The molecule has 0 bridgehead atoms. The molecule has 0 N–H and O–H groups in total. The number of anilines is 1. The summed E-state index contributed by atoms with van der Waals surface area (Å²) in [4.78, 5) is 19.8. The molecule has 4 rings (SSSR count). The molecule has 178 valence electrons. The monoisotopic (exact) mass is 470 g/mol. The van der Waals surface area contributed by atoms with E-state index < -0.39 is 20.0 Å². The van der Waals surface area contributed by atoms with Crippen LogP contribution in [0.2, 0.25) is 0 Å². The van der Waals surface area contributed by atoms with Crippen LogP contribution in [-0.4, -0.2) is 39.1 Å². The summed E-state index contributed by atoms with van der Waals surface area (Å²) in [5.74, 6) is 1.13. The Bertz CT molecular complexity index is 1090. The topological polar surface area (TPSA) is 76.6 Å². The average Bonchev–Trinajstić information content (AvgIpc) is 3.61. The predicted molar refractivity (Wildman–Crippen MR) is 129 cm³/mol. The highest BCUT2D eigenvalue weighted by molar-refractivity contribution is 7.92. The number of sulfone groups is 1. The Kier molecular flexibility index (Phi) is 6.40. The summed E-state index contributed by atoms with van der Waals surface area (Å²) in [5.41, 5.74) is 1.15. The molecular weight excluding hydrogens is 436 g/mol. The zero-order valence-electron chi connectivity index (χ0n) is 20.0. The molecule has 0 radical (unpaired) electrons. The van der Waals surface area contributed by atoms with E-state index in [1.165, 1.54) is 0 Å². The van der Waals surface area contributed by atoms with Gasteiger partial charge in [-0.15, -0.1) is 0 Å². The van der Waals surface area contributed by atoms with E-state index >= 15 is 0 Å². The van der Waals surface area contributed by atoms with Crippen LogP contribution in [0.25, 0.3) is 0 Å². The standard InChI is InChI=1S/C26H34N2O4S/c1-19-5-10-22(11-6-19)33(30,31)26(13-15-32-16-14-26)21-9-12-23(27-17-21)28(18-20-7-8-20)24(29)25(2,3)4/h5-6,9-12,17,20H,7-8,13-16,18H2,1-4H3. The Morgan fingerprint density at radius 1 is 1.09 bits per heavy atom. The van der Waals surface area contributed by atoms with Gasteiger partial charge in [0.05, 0.1) is 4.90 Å². The Balaban J connectivity index is 1.72. The first kappa shape index (κ1) is 23.9. The van der Waals surface area contributed by atoms with E-state index in [0.29, 0.717) is 54.8 Å². The van der Waals surface area contributed by atoms with Crippen molar-refractivity contribution in [2.24, 2.45) is 11.3 Å². The molecule has 33 heavy (non-hydrogen) atoms. The molecule has 0 atom stereocenters. The Labute approximate surface area is 197 Å². The molecule has 1 amide bonds. The predicted octanol–water partition coefficient (Wildman–Crippen LogP) is 4.66. The van der Waals surface area contributed by atoms with Crippen molar-refractivity contribution < 1.29 is 17.9 Å². The van der Waals surface area contributed by atoms with E-state index in [9.17, 15) is 13.2 Å². The molecule has 2 fully saturated rings. The second-order valence-electron chi connectivity index (χ2n) is 10.4. The van der Waals surface area contributed by atoms with Gasteiger partial charge in [-0.2, -0.15) is 0 Å². The number of carbonyl (C=O) groups is 1. The molecule has 2 heterocycles.